The van der Waals surface area contributed by atoms with Crippen LogP contribution in [0.5, 0.6) is 0 Å². The van der Waals surface area contributed by atoms with Crippen molar-refractivity contribution in [2.75, 3.05) is 7.05 Å². The van der Waals surface area contributed by atoms with E-state index in [0.717, 1.165) is 9.87 Å². The van der Waals surface area contributed by atoms with E-state index in [1.54, 1.807) is 31.2 Å². The molecule has 0 bridgehead atoms. The van der Waals surface area contributed by atoms with Gasteiger partial charge in [-0.2, -0.15) is 12.7 Å². The van der Waals surface area contributed by atoms with Crippen LogP contribution in [0, 0.1) is 0 Å². The summed E-state index contributed by atoms with van der Waals surface area (Å²) in [5, 5.41) is 5.59. The molecule has 0 saturated heterocycles. The number of halogens is 1. The average molecular weight is 249 g/mol. The lowest BCUT2D eigenvalue weighted by Gasteiger charge is -2.22. The molecule has 0 heterocycles. The average Bonchev–Trinajstić information content (AvgIpc) is 2.14. The minimum absolute atomic E-state index is 0.335. The Kier molecular flexibility index (Phi) is 3.72. The summed E-state index contributed by atoms with van der Waals surface area (Å²) < 4.78 is 23.3. The van der Waals surface area contributed by atoms with Crippen molar-refractivity contribution in [3.8, 4) is 0 Å². The van der Waals surface area contributed by atoms with E-state index in [-0.39, 0.29) is 6.04 Å². The van der Waals surface area contributed by atoms with Crippen LogP contribution in [0.2, 0.25) is 5.02 Å². The van der Waals surface area contributed by atoms with Crippen molar-refractivity contribution in [2.24, 2.45) is 5.14 Å². The molecule has 2 N–H and O–H groups in total. The second kappa shape index (κ2) is 4.49. The highest BCUT2D eigenvalue weighted by molar-refractivity contribution is 7.86. The lowest BCUT2D eigenvalue weighted by Crippen LogP contribution is -2.35. The van der Waals surface area contributed by atoms with Gasteiger partial charge >= 0.3 is 0 Å². The number of hydrogen-bond donors (Lipinski definition) is 1. The maximum Gasteiger partial charge on any atom is 0.277 e. The van der Waals surface area contributed by atoms with Crippen molar-refractivity contribution in [1.29, 1.82) is 0 Å². The van der Waals surface area contributed by atoms with E-state index in [2.05, 4.69) is 0 Å². The summed E-state index contributed by atoms with van der Waals surface area (Å²) >= 11 is 5.81. The maximum atomic E-state index is 11.1. The zero-order valence-electron chi connectivity index (χ0n) is 8.51. The van der Waals surface area contributed by atoms with Crippen LogP contribution in [0.1, 0.15) is 18.5 Å². The molecule has 0 aliphatic rings. The smallest absolute Gasteiger partial charge is 0.216 e. The van der Waals surface area contributed by atoms with E-state index in [1.165, 1.54) is 7.05 Å². The van der Waals surface area contributed by atoms with Crippen LogP contribution >= 0.6 is 11.6 Å². The normalized spacial score (nSPS) is 14.2. The van der Waals surface area contributed by atoms with Gasteiger partial charge in [0.15, 0.2) is 0 Å². The third-order valence-electron chi connectivity index (χ3n) is 2.28. The maximum absolute atomic E-state index is 11.1. The van der Waals surface area contributed by atoms with Gasteiger partial charge in [0.1, 0.15) is 0 Å². The lowest BCUT2D eigenvalue weighted by molar-refractivity contribution is 0.399. The highest BCUT2D eigenvalue weighted by atomic mass is 35.5. The van der Waals surface area contributed by atoms with Crippen molar-refractivity contribution in [3.05, 3.63) is 34.9 Å². The first-order chi connectivity index (χ1) is 6.82. The molecule has 0 fully saturated rings. The van der Waals surface area contributed by atoms with Crippen molar-refractivity contribution >= 4 is 21.8 Å². The van der Waals surface area contributed by atoms with Gasteiger partial charge in [-0.15, -0.1) is 0 Å². The molecule has 0 saturated carbocycles. The summed E-state index contributed by atoms with van der Waals surface area (Å²) in [6, 6.07) is 6.69. The first-order valence-electron chi connectivity index (χ1n) is 4.33. The van der Waals surface area contributed by atoms with Crippen LogP contribution in [0.4, 0.5) is 0 Å². The van der Waals surface area contributed by atoms with Crippen molar-refractivity contribution in [1.82, 2.24) is 4.31 Å². The van der Waals surface area contributed by atoms with Gasteiger partial charge in [-0.1, -0.05) is 23.7 Å². The number of rotatable bonds is 3. The van der Waals surface area contributed by atoms with Crippen LogP contribution in [-0.2, 0) is 10.2 Å². The Labute approximate surface area is 94.8 Å². The third-order valence-corrected chi connectivity index (χ3v) is 3.63. The highest BCUT2D eigenvalue weighted by Crippen LogP contribution is 2.22. The quantitative estimate of drug-likeness (QED) is 0.882. The highest BCUT2D eigenvalue weighted by Gasteiger charge is 2.20. The summed E-state index contributed by atoms with van der Waals surface area (Å²) in [7, 11) is -2.24. The Morgan fingerprint density at radius 2 is 2.07 bits per heavy atom. The Morgan fingerprint density at radius 3 is 2.53 bits per heavy atom. The van der Waals surface area contributed by atoms with E-state index >= 15 is 0 Å². The van der Waals surface area contributed by atoms with E-state index < -0.39 is 10.2 Å². The summed E-state index contributed by atoms with van der Waals surface area (Å²) in [5.74, 6) is 0. The SMILES string of the molecule is CC(c1cccc(Cl)c1)N(C)S(N)(=O)=O. The predicted octanol–water partition coefficient (Wildman–Crippen LogP) is 1.54. The zero-order valence-corrected chi connectivity index (χ0v) is 10.1. The Bertz CT molecular complexity index is 447. The third kappa shape index (κ3) is 3.17. The largest absolute Gasteiger partial charge is 0.277 e. The molecule has 0 aliphatic heterocycles. The molecular weight excluding hydrogens is 236 g/mol. The molecule has 4 nitrogen and oxygen atoms in total. The summed E-state index contributed by atoms with van der Waals surface area (Å²) in [6.45, 7) is 1.75. The van der Waals surface area contributed by atoms with Gasteiger partial charge in [0.2, 0.25) is 0 Å². The first-order valence-corrected chi connectivity index (χ1v) is 6.21. The van der Waals surface area contributed by atoms with Crippen LogP contribution in [-0.4, -0.2) is 19.8 Å². The molecule has 1 unspecified atom stereocenters. The summed E-state index contributed by atoms with van der Waals surface area (Å²) in [6.07, 6.45) is 0. The number of nitrogens with two attached hydrogens (primary N) is 1. The molecule has 0 aliphatic carbocycles. The van der Waals surface area contributed by atoms with Crippen LogP contribution < -0.4 is 5.14 Å². The molecule has 1 atom stereocenters. The van der Waals surface area contributed by atoms with Crippen LogP contribution in [0.25, 0.3) is 0 Å². The topological polar surface area (TPSA) is 63.4 Å². The lowest BCUT2D eigenvalue weighted by atomic mass is 10.1. The monoisotopic (exact) mass is 248 g/mol. The van der Waals surface area contributed by atoms with Gasteiger partial charge < -0.3 is 0 Å². The minimum Gasteiger partial charge on any atom is -0.216 e. The fraction of sp³-hybridized carbons (Fsp3) is 0.333. The second-order valence-electron chi connectivity index (χ2n) is 3.29. The molecule has 1 rings (SSSR count). The van der Waals surface area contributed by atoms with Crippen LogP contribution in [0.15, 0.2) is 24.3 Å². The fourth-order valence-electron chi connectivity index (χ4n) is 1.20. The van der Waals surface area contributed by atoms with Crippen molar-refractivity contribution in [3.63, 3.8) is 0 Å². The molecule has 84 valence electrons. The van der Waals surface area contributed by atoms with E-state index in [9.17, 15) is 8.42 Å². The molecule has 0 radical (unpaired) electrons. The minimum atomic E-state index is -3.67. The predicted molar refractivity (Wildman–Crippen MR) is 60.7 cm³/mol. The molecule has 15 heavy (non-hydrogen) atoms. The molecular formula is C9H13ClN2O2S. The number of hydrogen-bond acceptors (Lipinski definition) is 2. The van der Waals surface area contributed by atoms with E-state index in [1.807, 2.05) is 0 Å². The Hall–Kier alpha value is -0.620. The van der Waals surface area contributed by atoms with Gasteiger partial charge in [0, 0.05) is 18.1 Å². The fourth-order valence-corrected chi connectivity index (χ4v) is 1.96. The number of nitrogens with zero attached hydrogens (tertiary/aromatic N) is 1. The molecule has 1 aromatic rings. The van der Waals surface area contributed by atoms with Gasteiger partial charge in [-0.3, -0.25) is 0 Å². The van der Waals surface area contributed by atoms with Gasteiger partial charge in [0.25, 0.3) is 10.2 Å². The summed E-state index contributed by atoms with van der Waals surface area (Å²) in [5.41, 5.74) is 0.805. The van der Waals surface area contributed by atoms with Crippen molar-refractivity contribution in [2.45, 2.75) is 13.0 Å². The molecule has 0 amide bonds. The van der Waals surface area contributed by atoms with E-state index in [4.69, 9.17) is 16.7 Å². The zero-order chi connectivity index (χ0) is 11.6. The van der Waals surface area contributed by atoms with Gasteiger partial charge in [0.05, 0.1) is 0 Å². The molecule has 6 heteroatoms. The molecule has 1 aromatic carbocycles. The van der Waals surface area contributed by atoms with Gasteiger partial charge in [-0.05, 0) is 24.6 Å². The van der Waals surface area contributed by atoms with Gasteiger partial charge in [-0.25, -0.2) is 5.14 Å². The summed E-state index contributed by atoms with van der Waals surface area (Å²) in [4.78, 5) is 0. The standard InChI is InChI=1S/C9H13ClN2O2S/c1-7(12(2)15(11,13)14)8-4-3-5-9(10)6-8/h3-7H,1-2H3,(H2,11,13,14). The molecule has 0 spiro atoms. The number of benzene rings is 1. The van der Waals surface area contributed by atoms with Crippen LogP contribution in [0.3, 0.4) is 0 Å². The Balaban J connectivity index is 3.00. The van der Waals surface area contributed by atoms with E-state index in [0.29, 0.717) is 5.02 Å². The first kappa shape index (κ1) is 12.4. The van der Waals surface area contributed by atoms with Crippen molar-refractivity contribution < 1.29 is 8.42 Å². The second-order valence-corrected chi connectivity index (χ2v) is 5.33. The molecule has 0 aromatic heterocycles. The Morgan fingerprint density at radius 1 is 1.47 bits per heavy atom.